The van der Waals surface area contributed by atoms with Gasteiger partial charge in [0.25, 0.3) is 0 Å². The van der Waals surface area contributed by atoms with Crippen LogP contribution in [0.3, 0.4) is 0 Å². The third-order valence-electron chi connectivity index (χ3n) is 2.61. The monoisotopic (exact) mass is 268 g/mol. The normalized spacial score (nSPS) is 16.1. The summed E-state index contributed by atoms with van der Waals surface area (Å²) in [6.07, 6.45) is 1.66. The van der Waals surface area contributed by atoms with E-state index in [-0.39, 0.29) is 5.91 Å². The summed E-state index contributed by atoms with van der Waals surface area (Å²) in [5, 5.41) is 0. The van der Waals surface area contributed by atoms with E-state index in [0.29, 0.717) is 13.0 Å². The summed E-state index contributed by atoms with van der Waals surface area (Å²) in [5.74, 6) is 0.247. The summed E-state index contributed by atoms with van der Waals surface area (Å²) < 4.78 is 0.902. The van der Waals surface area contributed by atoms with Crippen LogP contribution in [-0.4, -0.2) is 17.4 Å². The molecule has 0 saturated carbocycles. The fraction of sp³-hybridized carbons (Fsp3) is 0.364. The van der Waals surface area contributed by atoms with Gasteiger partial charge < -0.3 is 10.6 Å². The van der Waals surface area contributed by atoms with Crippen LogP contribution in [0.25, 0.3) is 0 Å². The number of carbonyl (C=O) groups is 1. The van der Waals surface area contributed by atoms with Gasteiger partial charge in [-0.1, -0.05) is 6.07 Å². The summed E-state index contributed by atoms with van der Waals surface area (Å²) in [7, 11) is 0. The third kappa shape index (κ3) is 2.31. The van der Waals surface area contributed by atoms with Crippen molar-refractivity contribution >= 4 is 27.5 Å². The largest absolute Gasteiger partial charge is 0.398 e. The van der Waals surface area contributed by atoms with Gasteiger partial charge in [-0.3, -0.25) is 4.79 Å². The lowest BCUT2D eigenvalue weighted by molar-refractivity contribution is -0.128. The minimum atomic E-state index is 0.247. The van der Waals surface area contributed by atoms with E-state index in [1.807, 2.05) is 23.1 Å². The highest BCUT2D eigenvalue weighted by Crippen LogP contribution is 2.22. The van der Waals surface area contributed by atoms with E-state index in [1.54, 1.807) is 0 Å². The molecule has 0 bridgehead atoms. The van der Waals surface area contributed by atoms with Crippen LogP contribution in [0.4, 0.5) is 5.69 Å². The van der Waals surface area contributed by atoms with Crippen LogP contribution in [0, 0.1) is 0 Å². The zero-order valence-corrected chi connectivity index (χ0v) is 9.96. The molecule has 1 aliphatic rings. The van der Waals surface area contributed by atoms with E-state index in [1.165, 1.54) is 0 Å². The number of rotatable bonds is 2. The molecule has 80 valence electrons. The van der Waals surface area contributed by atoms with Crippen molar-refractivity contribution in [2.75, 3.05) is 12.3 Å². The van der Waals surface area contributed by atoms with E-state index >= 15 is 0 Å². The molecule has 2 N–H and O–H groups in total. The van der Waals surface area contributed by atoms with Crippen molar-refractivity contribution in [3.05, 3.63) is 28.2 Å². The molecule has 0 aliphatic carbocycles. The second kappa shape index (κ2) is 4.23. The molecule has 2 rings (SSSR count). The molecule has 3 nitrogen and oxygen atoms in total. The number of anilines is 1. The number of nitrogens with zero attached hydrogens (tertiary/aromatic N) is 1. The highest BCUT2D eigenvalue weighted by atomic mass is 79.9. The van der Waals surface area contributed by atoms with Crippen molar-refractivity contribution < 1.29 is 4.79 Å². The van der Waals surface area contributed by atoms with Crippen LogP contribution in [0.1, 0.15) is 18.4 Å². The number of nitrogens with two attached hydrogens (primary N) is 1. The number of hydrogen-bond acceptors (Lipinski definition) is 2. The number of halogens is 1. The number of hydrogen-bond donors (Lipinski definition) is 1. The van der Waals surface area contributed by atoms with Crippen LogP contribution in [-0.2, 0) is 11.3 Å². The molecule has 1 fully saturated rings. The Morgan fingerprint density at radius 3 is 2.87 bits per heavy atom. The van der Waals surface area contributed by atoms with Gasteiger partial charge in [0.1, 0.15) is 0 Å². The van der Waals surface area contributed by atoms with Crippen molar-refractivity contribution in [3.8, 4) is 0 Å². The van der Waals surface area contributed by atoms with E-state index in [2.05, 4.69) is 15.9 Å². The molecule has 0 spiro atoms. The summed E-state index contributed by atoms with van der Waals surface area (Å²) in [5.41, 5.74) is 7.59. The molecule has 1 aromatic carbocycles. The predicted molar refractivity (Wildman–Crippen MR) is 63.2 cm³/mol. The van der Waals surface area contributed by atoms with E-state index in [0.717, 1.165) is 28.7 Å². The topological polar surface area (TPSA) is 46.3 Å². The summed E-state index contributed by atoms with van der Waals surface area (Å²) in [6, 6.07) is 5.83. The first-order chi connectivity index (χ1) is 7.16. The Morgan fingerprint density at radius 1 is 1.47 bits per heavy atom. The fourth-order valence-electron chi connectivity index (χ4n) is 1.78. The number of nitrogen functional groups attached to an aromatic ring is 1. The van der Waals surface area contributed by atoms with Gasteiger partial charge in [0.2, 0.25) is 5.91 Å². The van der Waals surface area contributed by atoms with Gasteiger partial charge in [-0.05, 0) is 40.0 Å². The summed E-state index contributed by atoms with van der Waals surface area (Å²) in [4.78, 5) is 13.3. The molecule has 1 amide bonds. The Bertz CT molecular complexity index is 392. The quantitative estimate of drug-likeness (QED) is 0.836. The van der Waals surface area contributed by atoms with Crippen LogP contribution < -0.4 is 5.73 Å². The van der Waals surface area contributed by atoms with Crippen LogP contribution >= 0.6 is 15.9 Å². The lowest BCUT2D eigenvalue weighted by Crippen LogP contribution is -2.23. The van der Waals surface area contributed by atoms with E-state index < -0.39 is 0 Å². The predicted octanol–water partition coefficient (Wildman–Crippen LogP) is 2.15. The third-order valence-corrected chi connectivity index (χ3v) is 3.33. The van der Waals surface area contributed by atoms with Crippen molar-refractivity contribution in [3.63, 3.8) is 0 Å². The molecule has 1 heterocycles. The minimum absolute atomic E-state index is 0.247. The molecule has 0 atom stereocenters. The lowest BCUT2D eigenvalue weighted by Gasteiger charge is -2.15. The highest BCUT2D eigenvalue weighted by molar-refractivity contribution is 9.10. The average Bonchev–Trinajstić information content (AvgIpc) is 2.59. The van der Waals surface area contributed by atoms with Gasteiger partial charge in [-0.2, -0.15) is 0 Å². The number of carbonyl (C=O) groups excluding carboxylic acids is 1. The standard InChI is InChI=1S/C11H13BrN2O/c12-9-4-3-8(6-10(9)13)7-14-5-1-2-11(14)15/h3-4,6H,1-2,5,7,13H2. The molecule has 1 aromatic rings. The first-order valence-corrected chi connectivity index (χ1v) is 5.78. The molecule has 1 aliphatic heterocycles. The van der Waals surface area contributed by atoms with Crippen molar-refractivity contribution in [1.82, 2.24) is 4.90 Å². The second-order valence-electron chi connectivity index (χ2n) is 3.77. The zero-order valence-electron chi connectivity index (χ0n) is 8.37. The van der Waals surface area contributed by atoms with Gasteiger partial charge >= 0.3 is 0 Å². The van der Waals surface area contributed by atoms with E-state index in [4.69, 9.17) is 5.73 Å². The van der Waals surface area contributed by atoms with Crippen molar-refractivity contribution in [2.24, 2.45) is 0 Å². The molecular formula is C11H13BrN2O. The molecular weight excluding hydrogens is 256 g/mol. The minimum Gasteiger partial charge on any atom is -0.398 e. The molecule has 0 unspecified atom stereocenters. The summed E-state index contributed by atoms with van der Waals surface area (Å²) >= 11 is 3.35. The first kappa shape index (κ1) is 10.5. The van der Waals surface area contributed by atoms with Crippen molar-refractivity contribution in [2.45, 2.75) is 19.4 Å². The maximum atomic E-state index is 11.4. The highest BCUT2D eigenvalue weighted by Gasteiger charge is 2.19. The molecule has 1 saturated heterocycles. The van der Waals surface area contributed by atoms with Gasteiger partial charge in [0, 0.05) is 29.7 Å². The Morgan fingerprint density at radius 2 is 2.27 bits per heavy atom. The number of amides is 1. The first-order valence-electron chi connectivity index (χ1n) is 4.98. The zero-order chi connectivity index (χ0) is 10.8. The molecule has 0 aromatic heterocycles. The van der Waals surface area contributed by atoms with Crippen LogP contribution in [0.15, 0.2) is 22.7 Å². The SMILES string of the molecule is Nc1cc(CN2CCCC2=O)ccc1Br. The molecule has 15 heavy (non-hydrogen) atoms. The van der Waals surface area contributed by atoms with Crippen molar-refractivity contribution in [1.29, 1.82) is 0 Å². The Labute approximate surface area is 97.4 Å². The molecule has 0 radical (unpaired) electrons. The second-order valence-corrected chi connectivity index (χ2v) is 4.63. The molecule has 4 heteroatoms. The Kier molecular flexibility index (Phi) is 2.95. The Balaban J connectivity index is 2.10. The van der Waals surface area contributed by atoms with Gasteiger partial charge in [-0.15, -0.1) is 0 Å². The van der Waals surface area contributed by atoms with Crippen LogP contribution in [0.2, 0.25) is 0 Å². The average molecular weight is 269 g/mol. The summed E-state index contributed by atoms with van der Waals surface area (Å²) in [6.45, 7) is 1.55. The maximum Gasteiger partial charge on any atom is 0.222 e. The number of benzene rings is 1. The smallest absolute Gasteiger partial charge is 0.222 e. The fourth-order valence-corrected chi connectivity index (χ4v) is 2.03. The van der Waals surface area contributed by atoms with Crippen LogP contribution in [0.5, 0.6) is 0 Å². The maximum absolute atomic E-state index is 11.4. The van der Waals surface area contributed by atoms with Gasteiger partial charge in [-0.25, -0.2) is 0 Å². The lowest BCUT2D eigenvalue weighted by atomic mass is 10.2. The van der Waals surface area contributed by atoms with Gasteiger partial charge in [0.15, 0.2) is 0 Å². The Hall–Kier alpha value is -1.03. The van der Waals surface area contributed by atoms with Gasteiger partial charge in [0.05, 0.1) is 0 Å². The number of likely N-dealkylation sites (tertiary alicyclic amines) is 1. The van der Waals surface area contributed by atoms with E-state index in [9.17, 15) is 4.79 Å².